The van der Waals surface area contributed by atoms with E-state index in [1.165, 1.54) is 16.3 Å². The number of carbonyl (C=O) groups is 1. The Kier molecular flexibility index (Phi) is 4.61. The third-order valence-electron chi connectivity index (χ3n) is 4.46. The number of cyclic esters (lactones) is 1. The molecule has 0 aliphatic carbocycles. The average molecular weight is 382 g/mol. The number of hydrogen-bond donors (Lipinski definition) is 0. The van der Waals surface area contributed by atoms with Crippen molar-refractivity contribution in [3.05, 3.63) is 58.4 Å². The predicted octanol–water partition coefficient (Wildman–Crippen LogP) is 3.11. The maximum atomic E-state index is 13.3. The van der Waals surface area contributed by atoms with E-state index in [1.807, 2.05) is 37.3 Å². The van der Waals surface area contributed by atoms with E-state index in [4.69, 9.17) is 9.47 Å². The van der Waals surface area contributed by atoms with Crippen molar-refractivity contribution in [1.29, 1.82) is 0 Å². The number of thioether (sulfide) groups is 1. The minimum atomic E-state index is -0.375. The number of methoxy groups -OCH3 is 1. The number of aromatic nitrogens is 2. The van der Waals surface area contributed by atoms with Gasteiger partial charge in [0.2, 0.25) is 0 Å². The molecule has 1 atom stereocenters. The molecule has 1 fully saturated rings. The third-order valence-corrected chi connectivity index (χ3v) is 5.65. The molecule has 0 spiro atoms. The molecule has 0 radical (unpaired) electrons. The molecule has 1 aliphatic heterocycles. The van der Waals surface area contributed by atoms with Gasteiger partial charge < -0.3 is 9.47 Å². The predicted molar refractivity (Wildman–Crippen MR) is 104 cm³/mol. The first-order chi connectivity index (χ1) is 13.1. The van der Waals surface area contributed by atoms with E-state index in [1.54, 1.807) is 19.2 Å². The summed E-state index contributed by atoms with van der Waals surface area (Å²) in [4.78, 5) is 30.0. The topological polar surface area (TPSA) is 70.4 Å². The van der Waals surface area contributed by atoms with Gasteiger partial charge in [0.25, 0.3) is 5.56 Å². The van der Waals surface area contributed by atoms with E-state index in [0.29, 0.717) is 40.5 Å². The molecule has 7 heteroatoms. The van der Waals surface area contributed by atoms with Crippen LogP contribution in [-0.4, -0.2) is 34.5 Å². The molecule has 6 nitrogen and oxygen atoms in total. The summed E-state index contributed by atoms with van der Waals surface area (Å²) in [5.41, 5.74) is 1.99. The maximum absolute atomic E-state index is 13.3. The number of carbonyl (C=O) groups excluding carboxylic acids is 1. The lowest BCUT2D eigenvalue weighted by molar-refractivity contribution is -0.137. The van der Waals surface area contributed by atoms with E-state index in [0.717, 1.165) is 5.56 Å². The van der Waals surface area contributed by atoms with Crippen LogP contribution in [0.5, 0.6) is 5.75 Å². The maximum Gasteiger partial charge on any atom is 0.319 e. The molecular weight excluding hydrogens is 364 g/mol. The molecule has 0 N–H and O–H groups in total. The van der Waals surface area contributed by atoms with Crippen LogP contribution in [0.1, 0.15) is 12.0 Å². The van der Waals surface area contributed by atoms with Crippen molar-refractivity contribution in [3.8, 4) is 11.4 Å². The molecule has 2 aromatic carbocycles. The van der Waals surface area contributed by atoms with Crippen molar-refractivity contribution in [2.75, 3.05) is 13.7 Å². The lowest BCUT2D eigenvalue weighted by Crippen LogP contribution is -2.24. The fourth-order valence-corrected chi connectivity index (χ4v) is 4.16. The number of aryl methyl sites for hydroxylation is 1. The first kappa shape index (κ1) is 17.6. The van der Waals surface area contributed by atoms with Crippen LogP contribution < -0.4 is 10.3 Å². The van der Waals surface area contributed by atoms with Gasteiger partial charge in [-0.15, -0.1) is 0 Å². The van der Waals surface area contributed by atoms with Crippen LogP contribution in [0.25, 0.3) is 16.6 Å². The van der Waals surface area contributed by atoms with Crippen LogP contribution in [0.4, 0.5) is 0 Å². The van der Waals surface area contributed by atoms with E-state index in [2.05, 4.69) is 4.98 Å². The fraction of sp³-hybridized carbons (Fsp3) is 0.250. The molecule has 0 bridgehead atoms. The van der Waals surface area contributed by atoms with Crippen LogP contribution in [0.15, 0.2) is 52.4 Å². The zero-order valence-corrected chi connectivity index (χ0v) is 15.8. The van der Waals surface area contributed by atoms with E-state index < -0.39 is 0 Å². The Morgan fingerprint density at radius 3 is 2.78 bits per heavy atom. The highest BCUT2D eigenvalue weighted by Gasteiger charge is 2.30. The average Bonchev–Trinajstić information content (AvgIpc) is 3.07. The Labute approximate surface area is 160 Å². The summed E-state index contributed by atoms with van der Waals surface area (Å²) in [7, 11) is 1.56. The van der Waals surface area contributed by atoms with Gasteiger partial charge in [-0.25, -0.2) is 4.98 Å². The lowest BCUT2D eigenvalue weighted by Gasteiger charge is -2.17. The Morgan fingerprint density at radius 2 is 2.04 bits per heavy atom. The number of nitrogens with zero attached hydrogens (tertiary/aromatic N) is 2. The molecule has 138 valence electrons. The van der Waals surface area contributed by atoms with Gasteiger partial charge >= 0.3 is 5.97 Å². The summed E-state index contributed by atoms with van der Waals surface area (Å²) in [6, 6.07) is 12.8. The Hall–Kier alpha value is -2.80. The number of para-hydroxylation sites is 1. The van der Waals surface area contributed by atoms with Gasteiger partial charge in [-0.05, 0) is 36.8 Å². The van der Waals surface area contributed by atoms with Crippen LogP contribution in [0.2, 0.25) is 0 Å². The van der Waals surface area contributed by atoms with Crippen LogP contribution in [0, 0.1) is 6.92 Å². The first-order valence-electron chi connectivity index (χ1n) is 8.58. The number of fused-ring (bicyclic) bond motifs is 1. The molecule has 27 heavy (non-hydrogen) atoms. The Bertz CT molecular complexity index is 1090. The van der Waals surface area contributed by atoms with Gasteiger partial charge in [-0.1, -0.05) is 30.0 Å². The number of rotatable bonds is 4. The van der Waals surface area contributed by atoms with Crippen molar-refractivity contribution in [1.82, 2.24) is 9.55 Å². The molecule has 1 aliphatic rings. The second-order valence-corrected chi connectivity index (χ2v) is 7.46. The zero-order chi connectivity index (χ0) is 19.0. The van der Waals surface area contributed by atoms with Gasteiger partial charge in [0, 0.05) is 6.42 Å². The second kappa shape index (κ2) is 7.08. The number of esters is 1. The highest BCUT2D eigenvalue weighted by molar-refractivity contribution is 8.00. The summed E-state index contributed by atoms with van der Waals surface area (Å²) in [6.45, 7) is 2.34. The highest BCUT2D eigenvalue weighted by atomic mass is 32.2. The SMILES string of the molecule is COc1ccc(C)cc1-n1c(S[C@H]2CCOC2=O)nc2ccccc2c1=O. The molecule has 0 unspecified atom stereocenters. The molecule has 1 aromatic heterocycles. The van der Waals surface area contributed by atoms with Gasteiger partial charge in [-0.3, -0.25) is 14.2 Å². The van der Waals surface area contributed by atoms with Crippen molar-refractivity contribution in [2.24, 2.45) is 0 Å². The van der Waals surface area contributed by atoms with E-state index in [9.17, 15) is 9.59 Å². The smallest absolute Gasteiger partial charge is 0.319 e. The van der Waals surface area contributed by atoms with Crippen molar-refractivity contribution >= 4 is 28.6 Å². The minimum Gasteiger partial charge on any atom is -0.495 e. The summed E-state index contributed by atoms with van der Waals surface area (Å²) >= 11 is 1.26. The van der Waals surface area contributed by atoms with Crippen molar-refractivity contribution in [3.63, 3.8) is 0 Å². The zero-order valence-electron chi connectivity index (χ0n) is 15.0. The summed E-state index contributed by atoms with van der Waals surface area (Å²) in [5.74, 6) is 0.292. The van der Waals surface area contributed by atoms with Gasteiger partial charge in [0.15, 0.2) is 5.16 Å². The second-order valence-electron chi connectivity index (χ2n) is 6.29. The number of hydrogen-bond acceptors (Lipinski definition) is 6. The lowest BCUT2D eigenvalue weighted by atomic mass is 10.2. The van der Waals surface area contributed by atoms with Crippen molar-refractivity contribution in [2.45, 2.75) is 23.8 Å². The Balaban J connectivity index is 1.98. The number of benzene rings is 2. The third kappa shape index (κ3) is 3.19. The van der Waals surface area contributed by atoms with Gasteiger partial charge in [0.1, 0.15) is 11.0 Å². The standard InChI is InChI=1S/C20H18N2O4S/c1-12-7-8-16(25-2)15(11-12)22-18(23)13-5-3-4-6-14(13)21-20(22)27-17-9-10-26-19(17)24/h3-8,11,17H,9-10H2,1-2H3/t17-/m0/s1. The molecular formula is C20H18N2O4S. The van der Waals surface area contributed by atoms with Gasteiger partial charge in [-0.2, -0.15) is 0 Å². The van der Waals surface area contributed by atoms with Crippen LogP contribution >= 0.6 is 11.8 Å². The summed E-state index contributed by atoms with van der Waals surface area (Å²) in [6.07, 6.45) is 0.594. The largest absolute Gasteiger partial charge is 0.495 e. The molecule has 0 amide bonds. The van der Waals surface area contributed by atoms with Crippen molar-refractivity contribution < 1.29 is 14.3 Å². The molecule has 3 aromatic rings. The minimum absolute atomic E-state index is 0.196. The van der Waals surface area contributed by atoms with E-state index >= 15 is 0 Å². The fourth-order valence-electron chi connectivity index (χ4n) is 3.09. The summed E-state index contributed by atoms with van der Waals surface area (Å²) in [5, 5.41) is 0.589. The monoisotopic (exact) mass is 382 g/mol. The normalized spacial score (nSPS) is 16.5. The molecule has 1 saturated heterocycles. The highest BCUT2D eigenvalue weighted by Crippen LogP contribution is 2.32. The van der Waals surface area contributed by atoms with Gasteiger partial charge in [0.05, 0.1) is 30.3 Å². The molecule has 2 heterocycles. The van der Waals surface area contributed by atoms with Crippen LogP contribution in [0.3, 0.4) is 0 Å². The molecule has 0 saturated carbocycles. The number of ether oxygens (including phenoxy) is 2. The van der Waals surface area contributed by atoms with E-state index in [-0.39, 0.29) is 16.8 Å². The quantitative estimate of drug-likeness (QED) is 0.510. The Morgan fingerprint density at radius 1 is 1.22 bits per heavy atom. The molecule has 4 rings (SSSR count). The first-order valence-corrected chi connectivity index (χ1v) is 9.46. The van der Waals surface area contributed by atoms with Crippen LogP contribution in [-0.2, 0) is 9.53 Å². The summed E-state index contributed by atoms with van der Waals surface area (Å²) < 4.78 is 12.1.